The maximum absolute atomic E-state index is 12.8. The molecular weight excluding hydrogens is 459 g/mol. The molecule has 0 bridgehead atoms. The lowest BCUT2D eigenvalue weighted by molar-refractivity contribution is -0.385. The Kier molecular flexibility index (Phi) is 6.32. The van der Waals surface area contributed by atoms with Crippen molar-refractivity contribution in [1.29, 1.82) is 0 Å². The zero-order valence-corrected chi connectivity index (χ0v) is 16.2. The van der Waals surface area contributed by atoms with Gasteiger partial charge >= 0.3 is 12.1 Å². The standard InChI is InChI=1S/C18H12F3N3O9/c19-18(20,21)9-1-2-11(13(5-9)24(29)30)22-16(25)8-33-17(26)10-6-14-15(32-4-3-31-14)7-12(10)23(27)28/h1-2,5-7H,3-4,8H2,(H,22,25). The van der Waals surface area contributed by atoms with Crippen LogP contribution in [0.15, 0.2) is 30.3 Å². The summed E-state index contributed by atoms with van der Waals surface area (Å²) >= 11 is 0. The van der Waals surface area contributed by atoms with Crippen molar-refractivity contribution in [3.05, 3.63) is 61.7 Å². The predicted molar refractivity (Wildman–Crippen MR) is 101 cm³/mol. The number of amides is 1. The van der Waals surface area contributed by atoms with Crippen LogP contribution in [-0.4, -0.2) is 41.5 Å². The Labute approximate surface area is 181 Å². The first-order valence-electron chi connectivity index (χ1n) is 8.88. The third-order valence-corrected chi connectivity index (χ3v) is 4.21. The third kappa shape index (κ3) is 5.25. The van der Waals surface area contributed by atoms with E-state index in [4.69, 9.17) is 14.2 Å². The third-order valence-electron chi connectivity index (χ3n) is 4.21. The number of halogens is 3. The largest absolute Gasteiger partial charge is 0.486 e. The molecule has 0 atom stereocenters. The highest BCUT2D eigenvalue weighted by atomic mass is 19.4. The Morgan fingerprint density at radius 3 is 2.18 bits per heavy atom. The molecule has 0 unspecified atom stereocenters. The van der Waals surface area contributed by atoms with Crippen LogP contribution in [0.25, 0.3) is 0 Å². The summed E-state index contributed by atoms with van der Waals surface area (Å²) < 4.78 is 53.4. The second kappa shape index (κ2) is 8.97. The lowest BCUT2D eigenvalue weighted by Crippen LogP contribution is -2.22. The molecule has 0 saturated heterocycles. The van der Waals surface area contributed by atoms with Gasteiger partial charge in [-0.15, -0.1) is 0 Å². The van der Waals surface area contributed by atoms with E-state index in [-0.39, 0.29) is 30.8 Å². The topological polar surface area (TPSA) is 160 Å². The molecule has 15 heteroatoms. The number of nitro benzene ring substituents is 2. The van der Waals surface area contributed by atoms with Gasteiger partial charge in [0.25, 0.3) is 17.3 Å². The van der Waals surface area contributed by atoms with Crippen molar-refractivity contribution in [1.82, 2.24) is 0 Å². The summed E-state index contributed by atoms with van der Waals surface area (Å²) in [6, 6.07) is 3.39. The normalized spacial score (nSPS) is 12.6. The lowest BCUT2D eigenvalue weighted by atomic mass is 10.1. The number of hydrogen-bond donors (Lipinski definition) is 1. The van der Waals surface area contributed by atoms with Crippen molar-refractivity contribution >= 4 is 28.9 Å². The van der Waals surface area contributed by atoms with Crippen molar-refractivity contribution in [2.75, 3.05) is 25.1 Å². The monoisotopic (exact) mass is 471 g/mol. The average molecular weight is 471 g/mol. The van der Waals surface area contributed by atoms with Gasteiger partial charge < -0.3 is 19.5 Å². The van der Waals surface area contributed by atoms with E-state index in [2.05, 4.69) is 0 Å². The molecule has 12 nitrogen and oxygen atoms in total. The van der Waals surface area contributed by atoms with E-state index in [0.717, 1.165) is 12.1 Å². The van der Waals surface area contributed by atoms with Crippen molar-refractivity contribution in [3.63, 3.8) is 0 Å². The van der Waals surface area contributed by atoms with Crippen molar-refractivity contribution in [2.24, 2.45) is 0 Å². The van der Waals surface area contributed by atoms with E-state index in [0.29, 0.717) is 12.1 Å². The van der Waals surface area contributed by atoms with Crippen LogP contribution in [-0.2, 0) is 15.7 Å². The number of nitrogens with zero attached hydrogens (tertiary/aromatic N) is 2. The number of benzene rings is 2. The Bertz CT molecular complexity index is 1150. The van der Waals surface area contributed by atoms with Crippen LogP contribution < -0.4 is 14.8 Å². The zero-order valence-electron chi connectivity index (χ0n) is 16.2. The molecule has 0 aromatic heterocycles. The first-order valence-corrected chi connectivity index (χ1v) is 8.88. The van der Waals surface area contributed by atoms with Gasteiger partial charge in [0.2, 0.25) is 0 Å². The van der Waals surface area contributed by atoms with Crippen LogP contribution in [0, 0.1) is 20.2 Å². The van der Waals surface area contributed by atoms with Gasteiger partial charge in [-0.3, -0.25) is 25.0 Å². The summed E-state index contributed by atoms with van der Waals surface area (Å²) in [5.74, 6) is -2.33. The van der Waals surface area contributed by atoms with E-state index in [1.54, 1.807) is 0 Å². The van der Waals surface area contributed by atoms with Crippen LogP contribution in [0.2, 0.25) is 0 Å². The highest BCUT2D eigenvalue weighted by Crippen LogP contribution is 2.37. The van der Waals surface area contributed by atoms with Crippen molar-refractivity contribution < 1.29 is 46.8 Å². The van der Waals surface area contributed by atoms with Crippen LogP contribution in [0.1, 0.15) is 15.9 Å². The molecular formula is C18H12F3N3O9. The first kappa shape index (κ1) is 23.2. The van der Waals surface area contributed by atoms with Gasteiger partial charge in [-0.2, -0.15) is 13.2 Å². The predicted octanol–water partition coefficient (Wildman–Crippen LogP) is 3.09. The molecule has 0 aliphatic carbocycles. The van der Waals surface area contributed by atoms with Gasteiger partial charge in [-0.05, 0) is 12.1 Å². The van der Waals surface area contributed by atoms with Gasteiger partial charge in [0, 0.05) is 12.1 Å². The molecule has 2 aromatic rings. The molecule has 1 heterocycles. The van der Waals surface area contributed by atoms with E-state index in [1.165, 1.54) is 0 Å². The second-order valence-corrected chi connectivity index (χ2v) is 6.38. The molecule has 1 aliphatic heterocycles. The van der Waals surface area contributed by atoms with Gasteiger partial charge in [0.1, 0.15) is 24.5 Å². The van der Waals surface area contributed by atoms with Gasteiger partial charge in [0.05, 0.1) is 21.5 Å². The first-order chi connectivity index (χ1) is 15.5. The van der Waals surface area contributed by atoms with Crippen LogP contribution in [0.4, 0.5) is 30.2 Å². The molecule has 3 rings (SSSR count). The van der Waals surface area contributed by atoms with Crippen molar-refractivity contribution in [3.8, 4) is 11.5 Å². The SMILES string of the molecule is O=C(COC(=O)c1cc2c(cc1[N+](=O)[O-])OCCO2)Nc1ccc(C(F)(F)F)cc1[N+](=O)[O-]. The van der Waals surface area contributed by atoms with Crippen LogP contribution in [0.5, 0.6) is 11.5 Å². The molecule has 1 amide bonds. The average Bonchev–Trinajstić information content (AvgIpc) is 2.75. The number of anilines is 1. The zero-order chi connectivity index (χ0) is 24.3. The Morgan fingerprint density at radius 2 is 1.61 bits per heavy atom. The molecule has 174 valence electrons. The quantitative estimate of drug-likeness (QED) is 0.379. The number of nitro groups is 2. The summed E-state index contributed by atoms with van der Waals surface area (Å²) in [5.41, 5.74) is -4.13. The molecule has 0 radical (unpaired) electrons. The fraction of sp³-hybridized carbons (Fsp3) is 0.222. The number of carbonyl (C=O) groups excluding carboxylic acids is 2. The maximum Gasteiger partial charge on any atom is 0.416 e. The number of ether oxygens (including phenoxy) is 3. The Morgan fingerprint density at radius 1 is 1.00 bits per heavy atom. The number of hydrogen-bond acceptors (Lipinski definition) is 9. The smallest absolute Gasteiger partial charge is 0.416 e. The highest BCUT2D eigenvalue weighted by molar-refractivity contribution is 5.99. The van der Waals surface area contributed by atoms with Gasteiger partial charge in [-0.1, -0.05) is 0 Å². The Hall–Kier alpha value is -4.43. The molecule has 2 aromatic carbocycles. The van der Waals surface area contributed by atoms with E-state index in [9.17, 15) is 43.0 Å². The maximum atomic E-state index is 12.8. The molecule has 1 N–H and O–H groups in total. The van der Waals surface area contributed by atoms with Gasteiger partial charge in [-0.25, -0.2) is 4.79 Å². The fourth-order valence-corrected chi connectivity index (χ4v) is 2.75. The van der Waals surface area contributed by atoms with Crippen molar-refractivity contribution in [2.45, 2.75) is 6.18 Å². The summed E-state index contributed by atoms with van der Waals surface area (Å²) in [6.07, 6.45) is -4.85. The summed E-state index contributed by atoms with van der Waals surface area (Å²) in [4.78, 5) is 44.7. The number of rotatable bonds is 6. The highest BCUT2D eigenvalue weighted by Gasteiger charge is 2.33. The van der Waals surface area contributed by atoms with E-state index < -0.39 is 62.7 Å². The minimum atomic E-state index is -4.85. The lowest BCUT2D eigenvalue weighted by Gasteiger charge is -2.18. The number of carbonyl (C=O) groups is 2. The molecule has 0 spiro atoms. The number of esters is 1. The van der Waals surface area contributed by atoms with Gasteiger partial charge in [0.15, 0.2) is 18.1 Å². The summed E-state index contributed by atoms with van der Waals surface area (Å²) in [5, 5.41) is 24.3. The number of fused-ring (bicyclic) bond motifs is 1. The molecule has 1 aliphatic rings. The molecule has 0 saturated carbocycles. The number of alkyl halides is 3. The minimum Gasteiger partial charge on any atom is -0.486 e. The van der Waals surface area contributed by atoms with E-state index in [1.807, 2.05) is 5.32 Å². The summed E-state index contributed by atoms with van der Waals surface area (Å²) in [7, 11) is 0. The minimum absolute atomic E-state index is 0.0388. The van der Waals surface area contributed by atoms with Crippen LogP contribution >= 0.6 is 0 Å². The molecule has 33 heavy (non-hydrogen) atoms. The second-order valence-electron chi connectivity index (χ2n) is 6.38. The summed E-state index contributed by atoms with van der Waals surface area (Å²) in [6.45, 7) is -0.763. The van der Waals surface area contributed by atoms with Crippen LogP contribution in [0.3, 0.4) is 0 Å². The van der Waals surface area contributed by atoms with E-state index >= 15 is 0 Å². The molecule has 0 fully saturated rings. The Balaban J connectivity index is 1.74. The number of nitrogens with one attached hydrogen (secondary N) is 1. The fourth-order valence-electron chi connectivity index (χ4n) is 2.75.